The number of aryl methyl sites for hydroxylation is 1. The van der Waals surface area contributed by atoms with Crippen molar-refractivity contribution >= 4 is 21.4 Å². The summed E-state index contributed by atoms with van der Waals surface area (Å²) in [5.74, 6) is 1.27. The average molecular weight is 247 g/mol. The minimum absolute atomic E-state index is 0.608. The van der Waals surface area contributed by atoms with Gasteiger partial charge in [0, 0.05) is 22.0 Å². The Morgan fingerprint density at radius 3 is 2.59 bits per heavy atom. The van der Waals surface area contributed by atoms with Crippen LogP contribution in [0, 0.1) is 12.8 Å². The summed E-state index contributed by atoms with van der Waals surface area (Å²) >= 11 is 1.92. The smallest absolute Gasteiger partial charge is 0.0348 e. The van der Waals surface area contributed by atoms with Crippen LogP contribution in [0.4, 0.5) is 0 Å². The standard InChI is InChI=1S/C15H21NS/c1-10(2)13(9-16-4)15-11(3)17-14-8-6-5-7-12(14)15/h5-8,10,13,16H,9H2,1-4H3. The van der Waals surface area contributed by atoms with Crippen molar-refractivity contribution in [2.75, 3.05) is 13.6 Å². The number of thiophene rings is 1. The maximum Gasteiger partial charge on any atom is 0.0348 e. The molecule has 92 valence electrons. The minimum Gasteiger partial charge on any atom is -0.319 e. The van der Waals surface area contributed by atoms with E-state index in [1.54, 1.807) is 5.56 Å². The van der Waals surface area contributed by atoms with Gasteiger partial charge in [0.2, 0.25) is 0 Å². The predicted octanol–water partition coefficient (Wildman–Crippen LogP) is 4.17. The molecule has 0 bridgehead atoms. The molecule has 2 aromatic rings. The summed E-state index contributed by atoms with van der Waals surface area (Å²) in [5, 5.41) is 4.78. The molecule has 2 heteroatoms. The zero-order valence-electron chi connectivity index (χ0n) is 11.1. The largest absolute Gasteiger partial charge is 0.319 e. The number of rotatable bonds is 4. The molecule has 0 spiro atoms. The molecule has 17 heavy (non-hydrogen) atoms. The van der Waals surface area contributed by atoms with Crippen LogP contribution in [0.25, 0.3) is 10.1 Å². The summed E-state index contributed by atoms with van der Waals surface area (Å²) in [6.45, 7) is 7.94. The Hall–Kier alpha value is -0.860. The monoisotopic (exact) mass is 247 g/mol. The molecule has 0 radical (unpaired) electrons. The van der Waals surface area contributed by atoms with Crippen molar-refractivity contribution < 1.29 is 0 Å². The van der Waals surface area contributed by atoms with Gasteiger partial charge in [-0.3, -0.25) is 0 Å². The van der Waals surface area contributed by atoms with E-state index in [1.807, 2.05) is 18.4 Å². The van der Waals surface area contributed by atoms with Crippen molar-refractivity contribution in [2.45, 2.75) is 26.7 Å². The van der Waals surface area contributed by atoms with E-state index in [4.69, 9.17) is 0 Å². The molecule has 0 saturated carbocycles. The topological polar surface area (TPSA) is 12.0 Å². The Balaban J connectivity index is 2.55. The second-order valence-corrected chi connectivity index (χ2v) is 6.23. The van der Waals surface area contributed by atoms with Crippen LogP contribution in [0.5, 0.6) is 0 Å². The number of hydrogen-bond donors (Lipinski definition) is 1. The second-order valence-electron chi connectivity index (χ2n) is 4.98. The van der Waals surface area contributed by atoms with Crippen LogP contribution in [0.3, 0.4) is 0 Å². The lowest BCUT2D eigenvalue weighted by Gasteiger charge is -2.21. The molecule has 0 saturated heterocycles. The van der Waals surface area contributed by atoms with E-state index in [2.05, 4.69) is 50.4 Å². The van der Waals surface area contributed by atoms with Crippen LogP contribution in [-0.2, 0) is 0 Å². The van der Waals surface area contributed by atoms with Gasteiger partial charge in [0.25, 0.3) is 0 Å². The predicted molar refractivity (Wildman–Crippen MR) is 78.1 cm³/mol. The fourth-order valence-corrected chi connectivity index (χ4v) is 3.68. The molecular formula is C15H21NS. The highest BCUT2D eigenvalue weighted by molar-refractivity contribution is 7.19. The molecule has 2 rings (SSSR count). The lowest BCUT2D eigenvalue weighted by Crippen LogP contribution is -2.21. The van der Waals surface area contributed by atoms with Gasteiger partial charge in [-0.2, -0.15) is 0 Å². The lowest BCUT2D eigenvalue weighted by atomic mass is 9.86. The van der Waals surface area contributed by atoms with Crippen molar-refractivity contribution in [1.82, 2.24) is 5.32 Å². The summed E-state index contributed by atoms with van der Waals surface area (Å²) in [5.41, 5.74) is 1.55. The Morgan fingerprint density at radius 2 is 1.94 bits per heavy atom. The zero-order valence-corrected chi connectivity index (χ0v) is 11.9. The van der Waals surface area contributed by atoms with Crippen molar-refractivity contribution in [2.24, 2.45) is 5.92 Å². The number of nitrogens with one attached hydrogen (secondary N) is 1. The molecule has 0 amide bonds. The Labute approximate surface area is 108 Å². The van der Waals surface area contributed by atoms with Gasteiger partial charge in [-0.15, -0.1) is 11.3 Å². The number of benzene rings is 1. The summed E-state index contributed by atoms with van der Waals surface area (Å²) in [7, 11) is 2.04. The van der Waals surface area contributed by atoms with Gasteiger partial charge in [0.05, 0.1) is 0 Å². The van der Waals surface area contributed by atoms with E-state index < -0.39 is 0 Å². The maximum atomic E-state index is 3.33. The van der Waals surface area contributed by atoms with Crippen LogP contribution in [0.2, 0.25) is 0 Å². The third kappa shape index (κ3) is 2.38. The van der Waals surface area contributed by atoms with Gasteiger partial charge in [-0.05, 0) is 36.9 Å². The van der Waals surface area contributed by atoms with Gasteiger partial charge < -0.3 is 5.32 Å². The molecule has 1 aromatic heterocycles. The van der Waals surface area contributed by atoms with Crippen LogP contribution in [0.1, 0.15) is 30.2 Å². The fraction of sp³-hybridized carbons (Fsp3) is 0.467. The van der Waals surface area contributed by atoms with E-state index in [0.29, 0.717) is 11.8 Å². The highest BCUT2D eigenvalue weighted by atomic mass is 32.1. The average Bonchev–Trinajstić information content (AvgIpc) is 2.62. The van der Waals surface area contributed by atoms with Gasteiger partial charge >= 0.3 is 0 Å². The molecule has 0 aliphatic heterocycles. The first kappa shape index (κ1) is 12.6. The fourth-order valence-electron chi connectivity index (χ4n) is 2.54. The molecule has 1 atom stereocenters. The van der Waals surface area contributed by atoms with Crippen molar-refractivity contribution in [3.05, 3.63) is 34.7 Å². The van der Waals surface area contributed by atoms with Crippen LogP contribution in [0.15, 0.2) is 24.3 Å². The number of likely N-dealkylation sites (N-methyl/N-ethyl adjacent to an activating group) is 1. The van der Waals surface area contributed by atoms with E-state index in [1.165, 1.54) is 15.0 Å². The molecule has 0 aliphatic rings. The summed E-state index contributed by atoms with van der Waals surface area (Å²) in [6.07, 6.45) is 0. The van der Waals surface area contributed by atoms with E-state index in [0.717, 1.165) is 6.54 Å². The number of hydrogen-bond acceptors (Lipinski definition) is 2. The van der Waals surface area contributed by atoms with Gasteiger partial charge in [0.1, 0.15) is 0 Å². The molecule has 1 unspecified atom stereocenters. The van der Waals surface area contributed by atoms with Crippen molar-refractivity contribution in [3.63, 3.8) is 0 Å². The van der Waals surface area contributed by atoms with E-state index in [9.17, 15) is 0 Å². The minimum atomic E-state index is 0.608. The van der Waals surface area contributed by atoms with Crippen LogP contribution in [-0.4, -0.2) is 13.6 Å². The Bertz CT molecular complexity index is 499. The van der Waals surface area contributed by atoms with Crippen LogP contribution >= 0.6 is 11.3 Å². The Morgan fingerprint density at radius 1 is 1.24 bits per heavy atom. The van der Waals surface area contributed by atoms with Crippen molar-refractivity contribution in [1.29, 1.82) is 0 Å². The molecule has 1 heterocycles. The molecule has 0 aliphatic carbocycles. The quantitative estimate of drug-likeness (QED) is 0.855. The van der Waals surface area contributed by atoms with E-state index in [-0.39, 0.29) is 0 Å². The molecule has 1 nitrogen and oxygen atoms in total. The number of fused-ring (bicyclic) bond motifs is 1. The zero-order chi connectivity index (χ0) is 12.4. The maximum absolute atomic E-state index is 3.33. The third-order valence-corrected chi connectivity index (χ3v) is 4.52. The second kappa shape index (κ2) is 5.19. The van der Waals surface area contributed by atoms with Crippen molar-refractivity contribution in [3.8, 4) is 0 Å². The lowest BCUT2D eigenvalue weighted by molar-refractivity contribution is 0.480. The molecule has 0 fully saturated rings. The van der Waals surface area contributed by atoms with Crippen LogP contribution < -0.4 is 5.32 Å². The molecular weight excluding hydrogens is 226 g/mol. The highest BCUT2D eigenvalue weighted by Gasteiger charge is 2.21. The molecule has 1 N–H and O–H groups in total. The molecule has 1 aromatic carbocycles. The first-order valence-electron chi connectivity index (χ1n) is 6.27. The third-order valence-electron chi connectivity index (χ3n) is 3.42. The highest BCUT2D eigenvalue weighted by Crippen LogP contribution is 2.38. The summed E-state index contributed by atoms with van der Waals surface area (Å²) in [6, 6.07) is 8.77. The van der Waals surface area contributed by atoms with Gasteiger partial charge in [-0.25, -0.2) is 0 Å². The summed E-state index contributed by atoms with van der Waals surface area (Å²) in [4.78, 5) is 1.47. The van der Waals surface area contributed by atoms with E-state index >= 15 is 0 Å². The Kier molecular flexibility index (Phi) is 3.85. The van der Waals surface area contributed by atoms with Gasteiger partial charge in [-0.1, -0.05) is 32.0 Å². The first-order valence-corrected chi connectivity index (χ1v) is 7.09. The van der Waals surface area contributed by atoms with Gasteiger partial charge in [0.15, 0.2) is 0 Å². The first-order chi connectivity index (χ1) is 8.15. The summed E-state index contributed by atoms with van der Waals surface area (Å²) < 4.78 is 1.42. The normalized spacial score (nSPS) is 13.5. The SMILES string of the molecule is CNCC(c1c(C)sc2ccccc12)C(C)C.